The van der Waals surface area contributed by atoms with E-state index >= 15 is 0 Å². The molecule has 0 spiro atoms. The maximum atomic E-state index is 7.91. The van der Waals surface area contributed by atoms with Crippen LogP contribution in [-0.4, -0.2) is 24.8 Å². The summed E-state index contributed by atoms with van der Waals surface area (Å²) < 4.78 is 0. The Bertz CT molecular complexity index is 210. The predicted octanol–water partition coefficient (Wildman–Crippen LogP) is 1.82. The van der Waals surface area contributed by atoms with Gasteiger partial charge in [0.25, 0.3) is 0 Å². The Morgan fingerprint density at radius 1 is 1.25 bits per heavy atom. The number of hydrogen-bond donors (Lipinski definition) is 1. The summed E-state index contributed by atoms with van der Waals surface area (Å²) in [6, 6.07) is 0. The van der Waals surface area contributed by atoms with Gasteiger partial charge in [0.05, 0.1) is 5.84 Å². The third-order valence-corrected chi connectivity index (χ3v) is 3.60. The van der Waals surface area contributed by atoms with E-state index in [4.69, 9.17) is 5.41 Å². The molecule has 0 aromatic heterocycles. The van der Waals surface area contributed by atoms with E-state index in [0.29, 0.717) is 5.92 Å². The van der Waals surface area contributed by atoms with E-state index in [1.54, 1.807) is 0 Å². The highest BCUT2D eigenvalue weighted by Crippen LogP contribution is 2.58. The Kier molecular flexibility index (Phi) is 1.67. The van der Waals surface area contributed by atoms with Gasteiger partial charge in [-0.05, 0) is 30.6 Å². The average Bonchev–Trinajstić information content (AvgIpc) is 2.72. The Hall–Kier alpha value is -0.530. The fraction of sp³-hybridized carbons (Fsp3) is 0.900. The summed E-state index contributed by atoms with van der Waals surface area (Å²) in [6.45, 7) is 2.34. The molecule has 2 rings (SSSR count). The van der Waals surface area contributed by atoms with E-state index in [2.05, 4.69) is 6.92 Å². The largest absolute Gasteiger partial charge is 0.366 e. The van der Waals surface area contributed by atoms with Crippen LogP contribution in [0.15, 0.2) is 0 Å². The van der Waals surface area contributed by atoms with Crippen molar-refractivity contribution in [2.75, 3.05) is 14.1 Å². The molecular formula is C10H18N2. The molecule has 2 heteroatoms. The molecule has 0 aromatic rings. The molecule has 0 radical (unpaired) electrons. The molecule has 2 fully saturated rings. The van der Waals surface area contributed by atoms with Gasteiger partial charge in [-0.15, -0.1) is 0 Å². The van der Waals surface area contributed by atoms with E-state index < -0.39 is 0 Å². The minimum atomic E-state index is 0.583. The van der Waals surface area contributed by atoms with Crippen molar-refractivity contribution in [1.29, 1.82) is 5.41 Å². The molecule has 0 aliphatic heterocycles. The van der Waals surface area contributed by atoms with Gasteiger partial charge < -0.3 is 4.90 Å². The predicted molar refractivity (Wildman–Crippen MR) is 50.3 cm³/mol. The monoisotopic (exact) mass is 166 g/mol. The lowest BCUT2D eigenvalue weighted by Gasteiger charge is -2.21. The molecule has 0 aromatic carbocycles. The SMILES string of the molecule is CC1CC(C(=N)N(C)C)C2CC12. The highest BCUT2D eigenvalue weighted by molar-refractivity contribution is 5.82. The lowest BCUT2D eigenvalue weighted by atomic mass is 9.97. The topological polar surface area (TPSA) is 27.1 Å². The van der Waals surface area contributed by atoms with Crippen molar-refractivity contribution in [2.45, 2.75) is 19.8 Å². The van der Waals surface area contributed by atoms with Crippen molar-refractivity contribution in [1.82, 2.24) is 4.90 Å². The van der Waals surface area contributed by atoms with Gasteiger partial charge in [-0.3, -0.25) is 5.41 Å². The maximum Gasteiger partial charge on any atom is 0.0987 e. The molecule has 2 saturated carbocycles. The summed E-state index contributed by atoms with van der Waals surface area (Å²) in [5.41, 5.74) is 0. The van der Waals surface area contributed by atoms with Crippen LogP contribution in [0.2, 0.25) is 0 Å². The Morgan fingerprint density at radius 3 is 2.25 bits per heavy atom. The quantitative estimate of drug-likeness (QED) is 0.467. The number of amidine groups is 1. The van der Waals surface area contributed by atoms with Crippen molar-refractivity contribution in [2.24, 2.45) is 23.7 Å². The van der Waals surface area contributed by atoms with Crippen LogP contribution in [0.1, 0.15) is 19.8 Å². The summed E-state index contributed by atoms with van der Waals surface area (Å²) in [4.78, 5) is 1.97. The highest BCUT2D eigenvalue weighted by Gasteiger charge is 2.53. The minimum absolute atomic E-state index is 0.583. The van der Waals surface area contributed by atoms with Gasteiger partial charge in [0.1, 0.15) is 0 Å². The second-order valence-corrected chi connectivity index (χ2v) is 4.66. The number of hydrogen-bond acceptors (Lipinski definition) is 1. The van der Waals surface area contributed by atoms with Crippen LogP contribution in [0, 0.1) is 29.1 Å². The maximum absolute atomic E-state index is 7.91. The molecule has 0 amide bonds. The van der Waals surface area contributed by atoms with E-state index in [0.717, 1.165) is 23.6 Å². The van der Waals surface area contributed by atoms with Crippen LogP contribution in [0.25, 0.3) is 0 Å². The lowest BCUT2D eigenvalue weighted by Crippen LogP contribution is -2.29. The summed E-state index contributed by atoms with van der Waals surface area (Å²) in [7, 11) is 3.98. The van der Waals surface area contributed by atoms with E-state index in [-0.39, 0.29) is 0 Å². The molecule has 68 valence electrons. The lowest BCUT2D eigenvalue weighted by molar-refractivity contribution is 0.468. The Labute approximate surface area is 74.5 Å². The molecule has 2 aliphatic carbocycles. The fourth-order valence-electron chi connectivity index (χ4n) is 2.75. The summed E-state index contributed by atoms with van der Waals surface area (Å²) in [5.74, 6) is 4.15. The molecule has 4 unspecified atom stereocenters. The molecule has 1 N–H and O–H groups in total. The van der Waals surface area contributed by atoms with Gasteiger partial charge in [-0.2, -0.15) is 0 Å². The molecule has 0 bridgehead atoms. The van der Waals surface area contributed by atoms with Gasteiger partial charge in [0, 0.05) is 20.0 Å². The van der Waals surface area contributed by atoms with Crippen LogP contribution in [0.3, 0.4) is 0 Å². The van der Waals surface area contributed by atoms with E-state index in [9.17, 15) is 0 Å². The second-order valence-electron chi connectivity index (χ2n) is 4.66. The second kappa shape index (κ2) is 2.48. The zero-order chi connectivity index (χ0) is 8.88. The summed E-state index contributed by atoms with van der Waals surface area (Å²) in [5, 5.41) is 7.91. The summed E-state index contributed by atoms with van der Waals surface area (Å²) >= 11 is 0. The Balaban J connectivity index is 2.02. The van der Waals surface area contributed by atoms with Crippen LogP contribution >= 0.6 is 0 Å². The molecular weight excluding hydrogens is 148 g/mol. The molecule has 12 heavy (non-hydrogen) atoms. The first-order valence-electron chi connectivity index (χ1n) is 4.87. The fourth-order valence-corrected chi connectivity index (χ4v) is 2.75. The van der Waals surface area contributed by atoms with Gasteiger partial charge >= 0.3 is 0 Å². The van der Waals surface area contributed by atoms with Crippen molar-refractivity contribution >= 4 is 5.84 Å². The van der Waals surface area contributed by atoms with Crippen molar-refractivity contribution in [3.8, 4) is 0 Å². The number of fused-ring (bicyclic) bond motifs is 1. The molecule has 0 heterocycles. The van der Waals surface area contributed by atoms with Crippen LogP contribution in [0.5, 0.6) is 0 Å². The van der Waals surface area contributed by atoms with Gasteiger partial charge in [-0.1, -0.05) is 6.92 Å². The zero-order valence-corrected chi connectivity index (χ0v) is 8.17. The molecule has 4 atom stereocenters. The average molecular weight is 166 g/mol. The molecule has 0 saturated heterocycles. The summed E-state index contributed by atoms with van der Waals surface area (Å²) in [6.07, 6.45) is 2.65. The molecule has 2 aliphatic rings. The Morgan fingerprint density at radius 2 is 1.92 bits per heavy atom. The van der Waals surface area contributed by atoms with Crippen molar-refractivity contribution < 1.29 is 0 Å². The standard InChI is InChI=1S/C10H18N2/c1-6-4-9(8-5-7(6)8)10(11)12(2)3/h6-9,11H,4-5H2,1-3H3. The molecule has 2 nitrogen and oxygen atoms in total. The first-order valence-corrected chi connectivity index (χ1v) is 4.87. The van der Waals surface area contributed by atoms with Crippen LogP contribution in [0.4, 0.5) is 0 Å². The van der Waals surface area contributed by atoms with Gasteiger partial charge in [0.2, 0.25) is 0 Å². The third-order valence-electron chi connectivity index (χ3n) is 3.60. The first kappa shape index (κ1) is 8.09. The van der Waals surface area contributed by atoms with Gasteiger partial charge in [-0.25, -0.2) is 0 Å². The van der Waals surface area contributed by atoms with Crippen molar-refractivity contribution in [3.63, 3.8) is 0 Å². The number of nitrogens with zero attached hydrogens (tertiary/aromatic N) is 1. The first-order chi connectivity index (χ1) is 5.61. The zero-order valence-electron chi connectivity index (χ0n) is 8.17. The smallest absolute Gasteiger partial charge is 0.0987 e. The number of rotatable bonds is 1. The number of nitrogens with one attached hydrogen (secondary N) is 1. The van der Waals surface area contributed by atoms with Crippen LogP contribution < -0.4 is 0 Å². The normalized spacial score (nSPS) is 43.9. The van der Waals surface area contributed by atoms with E-state index in [1.807, 2.05) is 19.0 Å². The van der Waals surface area contributed by atoms with E-state index in [1.165, 1.54) is 12.8 Å². The minimum Gasteiger partial charge on any atom is -0.366 e. The highest BCUT2D eigenvalue weighted by atomic mass is 15.1. The van der Waals surface area contributed by atoms with Crippen LogP contribution in [-0.2, 0) is 0 Å². The third kappa shape index (κ3) is 1.05. The van der Waals surface area contributed by atoms with Crippen molar-refractivity contribution in [3.05, 3.63) is 0 Å². The van der Waals surface area contributed by atoms with Gasteiger partial charge in [0.15, 0.2) is 0 Å².